The monoisotopic (exact) mass is 226 g/mol. The van der Waals surface area contributed by atoms with E-state index in [1.165, 1.54) is 18.3 Å². The van der Waals surface area contributed by atoms with Gasteiger partial charge in [0.15, 0.2) is 5.65 Å². The fourth-order valence-electron chi connectivity index (χ4n) is 1.89. The maximum atomic E-state index is 12.9. The topological polar surface area (TPSA) is 30.7 Å². The van der Waals surface area contributed by atoms with Crippen LogP contribution in [0.25, 0.3) is 22.4 Å². The number of aromatic nitrogens is 3. The highest BCUT2D eigenvalue weighted by Crippen LogP contribution is 2.24. The summed E-state index contributed by atoms with van der Waals surface area (Å²) in [6, 6.07) is 8.31. The molecule has 1 radical (unpaired) electrons. The molecule has 4 heteroatoms. The van der Waals surface area contributed by atoms with Gasteiger partial charge in [0.25, 0.3) is 0 Å². The van der Waals surface area contributed by atoms with Crippen molar-refractivity contribution in [3.8, 4) is 11.3 Å². The summed E-state index contributed by atoms with van der Waals surface area (Å²) in [7, 11) is 1.91. The molecule has 2 heterocycles. The van der Waals surface area contributed by atoms with Crippen molar-refractivity contribution >= 4 is 11.2 Å². The molecular weight excluding hydrogens is 217 g/mol. The lowest BCUT2D eigenvalue weighted by molar-refractivity contribution is 0.628. The van der Waals surface area contributed by atoms with Crippen LogP contribution in [0.4, 0.5) is 4.39 Å². The maximum Gasteiger partial charge on any atom is 0.159 e. The predicted molar refractivity (Wildman–Crippen MR) is 62.7 cm³/mol. The lowest BCUT2D eigenvalue weighted by Crippen LogP contribution is -1.93. The van der Waals surface area contributed by atoms with Gasteiger partial charge in [-0.3, -0.25) is 4.98 Å². The predicted octanol–water partition coefficient (Wildman–Crippen LogP) is 2.57. The normalized spacial score (nSPS) is 10.9. The molecule has 0 aliphatic heterocycles. The van der Waals surface area contributed by atoms with Crippen molar-refractivity contribution < 1.29 is 4.39 Å². The minimum absolute atomic E-state index is 0.239. The number of benzene rings is 1. The van der Waals surface area contributed by atoms with E-state index in [1.807, 2.05) is 17.7 Å². The van der Waals surface area contributed by atoms with Crippen LogP contribution < -0.4 is 0 Å². The molecule has 0 amide bonds. The standard InChI is InChI=1S/C13H9FN3/c1-17-12(9-2-4-10(14)5-3-9)8-11-13(17)16-7-6-15-11/h2-6,8H,1H3. The summed E-state index contributed by atoms with van der Waals surface area (Å²) >= 11 is 0. The summed E-state index contributed by atoms with van der Waals surface area (Å²) in [5.74, 6) is -0.239. The Hall–Kier alpha value is -2.23. The molecule has 83 valence electrons. The lowest BCUT2D eigenvalue weighted by Gasteiger charge is -2.03. The van der Waals surface area contributed by atoms with Gasteiger partial charge in [-0.05, 0) is 35.9 Å². The Morgan fingerprint density at radius 3 is 2.71 bits per heavy atom. The average molecular weight is 226 g/mol. The molecule has 1 aromatic carbocycles. The Labute approximate surface area is 97.6 Å². The number of halogens is 1. The molecule has 3 aromatic rings. The average Bonchev–Trinajstić information content (AvgIpc) is 2.69. The molecule has 0 atom stereocenters. The van der Waals surface area contributed by atoms with Crippen LogP contribution in [0, 0.1) is 12.0 Å². The van der Waals surface area contributed by atoms with Crippen molar-refractivity contribution in [1.82, 2.24) is 14.5 Å². The molecule has 0 unspecified atom stereocenters. The Morgan fingerprint density at radius 1 is 1.24 bits per heavy atom. The van der Waals surface area contributed by atoms with E-state index >= 15 is 0 Å². The Kier molecular flexibility index (Phi) is 2.14. The van der Waals surface area contributed by atoms with Crippen LogP contribution in [0.2, 0.25) is 0 Å². The Bertz CT molecular complexity index is 671. The van der Waals surface area contributed by atoms with Crippen molar-refractivity contribution in [2.24, 2.45) is 7.05 Å². The first-order valence-corrected chi connectivity index (χ1v) is 5.20. The molecule has 0 fully saturated rings. The zero-order valence-electron chi connectivity index (χ0n) is 9.18. The third-order valence-corrected chi connectivity index (χ3v) is 2.75. The van der Waals surface area contributed by atoms with Crippen molar-refractivity contribution in [3.63, 3.8) is 0 Å². The van der Waals surface area contributed by atoms with Gasteiger partial charge >= 0.3 is 0 Å². The number of hydrogen-bond donors (Lipinski definition) is 0. The highest BCUT2D eigenvalue weighted by Gasteiger charge is 2.09. The van der Waals surface area contributed by atoms with Crippen LogP contribution >= 0.6 is 0 Å². The summed E-state index contributed by atoms with van der Waals surface area (Å²) in [6.07, 6.45) is 4.25. The molecule has 17 heavy (non-hydrogen) atoms. The van der Waals surface area contributed by atoms with Crippen molar-refractivity contribution in [3.05, 3.63) is 48.5 Å². The van der Waals surface area contributed by atoms with E-state index in [2.05, 4.69) is 16.2 Å². The van der Waals surface area contributed by atoms with Crippen LogP contribution in [0.1, 0.15) is 0 Å². The second-order valence-corrected chi connectivity index (χ2v) is 3.80. The minimum atomic E-state index is -0.239. The number of aryl methyl sites for hydroxylation is 1. The van der Waals surface area contributed by atoms with Crippen molar-refractivity contribution in [2.75, 3.05) is 0 Å². The molecule has 0 saturated carbocycles. The largest absolute Gasteiger partial charge is 0.327 e. The maximum absolute atomic E-state index is 12.9. The van der Waals surface area contributed by atoms with E-state index in [0.29, 0.717) is 0 Å². The second kappa shape index (κ2) is 3.66. The minimum Gasteiger partial charge on any atom is -0.327 e. The smallest absolute Gasteiger partial charge is 0.159 e. The van der Waals surface area contributed by atoms with Gasteiger partial charge in [-0.15, -0.1) is 0 Å². The van der Waals surface area contributed by atoms with Gasteiger partial charge < -0.3 is 4.57 Å². The molecule has 0 saturated heterocycles. The van der Waals surface area contributed by atoms with Gasteiger partial charge in [0.05, 0.1) is 11.9 Å². The van der Waals surface area contributed by atoms with Gasteiger partial charge in [0, 0.05) is 7.05 Å². The van der Waals surface area contributed by atoms with Crippen LogP contribution in [-0.2, 0) is 7.05 Å². The quantitative estimate of drug-likeness (QED) is 0.638. The van der Waals surface area contributed by atoms with E-state index in [0.717, 1.165) is 22.4 Å². The number of hydrogen-bond acceptors (Lipinski definition) is 2. The third kappa shape index (κ3) is 1.58. The summed E-state index contributed by atoms with van der Waals surface area (Å²) in [5, 5.41) is 0. The first-order valence-electron chi connectivity index (χ1n) is 5.20. The molecule has 3 rings (SSSR count). The zero-order valence-corrected chi connectivity index (χ0v) is 9.18. The Balaban J connectivity index is 2.24. The van der Waals surface area contributed by atoms with Crippen molar-refractivity contribution in [2.45, 2.75) is 0 Å². The van der Waals surface area contributed by atoms with Crippen LogP contribution in [0.5, 0.6) is 0 Å². The summed E-state index contributed by atoms with van der Waals surface area (Å²) in [6.45, 7) is 0. The molecule has 3 nitrogen and oxygen atoms in total. The van der Waals surface area contributed by atoms with Crippen LogP contribution in [0.3, 0.4) is 0 Å². The molecule has 0 bridgehead atoms. The Morgan fingerprint density at radius 2 is 2.00 bits per heavy atom. The van der Waals surface area contributed by atoms with E-state index < -0.39 is 0 Å². The fraction of sp³-hybridized carbons (Fsp3) is 0.0769. The molecule has 0 N–H and O–H groups in total. The number of fused-ring (bicyclic) bond motifs is 1. The van der Waals surface area contributed by atoms with Crippen molar-refractivity contribution in [1.29, 1.82) is 0 Å². The van der Waals surface area contributed by atoms with Crippen LogP contribution in [-0.4, -0.2) is 14.5 Å². The van der Waals surface area contributed by atoms with Gasteiger partial charge in [-0.25, -0.2) is 9.37 Å². The first-order chi connectivity index (χ1) is 8.25. The van der Waals surface area contributed by atoms with E-state index in [-0.39, 0.29) is 5.82 Å². The van der Waals surface area contributed by atoms with Gasteiger partial charge in [0.1, 0.15) is 17.5 Å². The van der Waals surface area contributed by atoms with Gasteiger partial charge in [-0.2, -0.15) is 0 Å². The van der Waals surface area contributed by atoms with E-state index in [9.17, 15) is 4.39 Å². The highest BCUT2D eigenvalue weighted by atomic mass is 19.1. The molecule has 0 aliphatic rings. The van der Waals surface area contributed by atoms with Crippen LogP contribution in [0.15, 0.2) is 36.5 Å². The lowest BCUT2D eigenvalue weighted by atomic mass is 10.1. The third-order valence-electron chi connectivity index (χ3n) is 2.75. The summed E-state index contributed by atoms with van der Waals surface area (Å²) in [4.78, 5) is 8.34. The van der Waals surface area contributed by atoms with E-state index in [4.69, 9.17) is 0 Å². The molecule has 0 aliphatic carbocycles. The van der Waals surface area contributed by atoms with Gasteiger partial charge in [0.2, 0.25) is 0 Å². The molecule has 2 aromatic heterocycles. The molecular formula is C13H9FN3. The summed E-state index contributed by atoms with van der Waals surface area (Å²) in [5.41, 5.74) is 3.48. The number of nitrogens with zero attached hydrogens (tertiary/aromatic N) is 3. The zero-order chi connectivity index (χ0) is 11.8. The van der Waals surface area contributed by atoms with E-state index in [1.54, 1.807) is 12.1 Å². The molecule has 0 spiro atoms. The first kappa shape index (κ1) is 9.96. The highest BCUT2D eigenvalue weighted by molar-refractivity contribution is 5.80. The van der Waals surface area contributed by atoms with Gasteiger partial charge in [-0.1, -0.05) is 0 Å². The second-order valence-electron chi connectivity index (χ2n) is 3.80. The SMILES string of the molecule is Cn1c(-c2ccc(F)cc2)cc2nc[c]nc21. The number of rotatable bonds is 1. The fourth-order valence-corrected chi connectivity index (χ4v) is 1.89. The summed E-state index contributed by atoms with van der Waals surface area (Å²) < 4.78 is 14.8.